The fourth-order valence-electron chi connectivity index (χ4n) is 4.42. The first-order valence-electron chi connectivity index (χ1n) is 14.5. The van der Waals surface area contributed by atoms with Gasteiger partial charge in [-0.15, -0.1) is 0 Å². The van der Waals surface area contributed by atoms with E-state index in [1.807, 2.05) is 0 Å². The summed E-state index contributed by atoms with van der Waals surface area (Å²) in [5.74, 6) is -6.11. The maximum atomic E-state index is 13.8. The van der Waals surface area contributed by atoms with E-state index in [0.717, 1.165) is 0 Å². The van der Waals surface area contributed by atoms with Crippen LogP contribution >= 0.6 is 0 Å². The summed E-state index contributed by atoms with van der Waals surface area (Å²) in [5.41, 5.74) is -0.981. The van der Waals surface area contributed by atoms with Gasteiger partial charge in [0.1, 0.15) is 11.5 Å². The van der Waals surface area contributed by atoms with Gasteiger partial charge in [-0.25, -0.2) is 14.4 Å². The van der Waals surface area contributed by atoms with Crippen molar-refractivity contribution in [2.24, 2.45) is 11.3 Å². The van der Waals surface area contributed by atoms with Crippen LogP contribution in [0.25, 0.3) is 0 Å². The van der Waals surface area contributed by atoms with Crippen molar-refractivity contribution in [3.05, 3.63) is 71.8 Å². The molecule has 0 spiro atoms. The fraction of sp³-hybridized carbons (Fsp3) is 0.455. The van der Waals surface area contributed by atoms with Crippen LogP contribution in [-0.4, -0.2) is 66.0 Å². The summed E-state index contributed by atoms with van der Waals surface area (Å²) in [4.78, 5) is 80.2. The molecule has 11 heteroatoms. The highest BCUT2D eigenvalue weighted by Crippen LogP contribution is 2.27. The van der Waals surface area contributed by atoms with Crippen molar-refractivity contribution in [3.8, 4) is 0 Å². The monoisotopic (exact) mass is 609 g/mol. The van der Waals surface area contributed by atoms with Crippen LogP contribution in [0, 0.1) is 11.3 Å². The number of esters is 4. The Labute approximate surface area is 256 Å². The van der Waals surface area contributed by atoms with E-state index < -0.39 is 77.4 Å². The Kier molecular flexibility index (Phi) is 11.4. The van der Waals surface area contributed by atoms with Crippen molar-refractivity contribution in [2.75, 3.05) is 0 Å². The minimum absolute atomic E-state index is 0.0770. The Balaban J connectivity index is 2.03. The zero-order valence-electron chi connectivity index (χ0n) is 25.7. The molecule has 44 heavy (non-hydrogen) atoms. The van der Waals surface area contributed by atoms with Crippen molar-refractivity contribution in [1.82, 2.24) is 5.32 Å². The lowest BCUT2D eigenvalue weighted by atomic mass is 9.83. The highest BCUT2D eigenvalue weighted by Gasteiger charge is 2.47. The maximum absolute atomic E-state index is 13.8. The molecule has 1 aliphatic heterocycles. The van der Waals surface area contributed by atoms with E-state index in [1.165, 1.54) is 39.8 Å². The number of cyclic esters (lactones) is 4. The van der Waals surface area contributed by atoms with Crippen LogP contribution in [0.5, 0.6) is 0 Å². The molecule has 1 heterocycles. The zero-order chi connectivity index (χ0) is 32.6. The minimum Gasteiger partial charge on any atom is -0.457 e. The molecule has 0 saturated carbocycles. The number of nitrogens with one attached hydrogen (secondary N) is 1. The zero-order valence-corrected chi connectivity index (χ0v) is 25.7. The number of hydrogen-bond acceptors (Lipinski definition) is 10. The molecule has 0 bridgehead atoms. The van der Waals surface area contributed by atoms with E-state index in [0.29, 0.717) is 12.0 Å². The number of carbonyl (C=O) groups is 6. The van der Waals surface area contributed by atoms with Crippen LogP contribution in [-0.2, 0) is 49.3 Å². The SMILES string of the molecule is CC[C@H](C)[C@@H]1OC(=O)C(C)(C)C(=O)[C@@H](Cc2ccccc2)OC(=O)[C@H](C)OC(=O)[C@@H](NC(=O)c2ccccc2)[C@@H](C)OC1=O. The van der Waals surface area contributed by atoms with Crippen molar-refractivity contribution in [1.29, 1.82) is 0 Å². The van der Waals surface area contributed by atoms with Crippen molar-refractivity contribution in [3.63, 3.8) is 0 Å². The van der Waals surface area contributed by atoms with Gasteiger partial charge >= 0.3 is 23.9 Å². The number of ether oxygens (including phenoxy) is 4. The molecule has 0 radical (unpaired) electrons. The van der Waals surface area contributed by atoms with Crippen LogP contribution in [0.4, 0.5) is 0 Å². The summed E-state index contributed by atoms with van der Waals surface area (Å²) >= 11 is 0. The van der Waals surface area contributed by atoms with E-state index in [-0.39, 0.29) is 12.0 Å². The normalized spacial score (nSPS) is 25.7. The molecule has 1 amide bonds. The lowest BCUT2D eigenvalue weighted by Gasteiger charge is -2.30. The summed E-state index contributed by atoms with van der Waals surface area (Å²) in [6.45, 7) is 8.68. The Bertz CT molecular complexity index is 1360. The largest absolute Gasteiger partial charge is 0.457 e. The second-order valence-corrected chi connectivity index (χ2v) is 11.4. The predicted molar refractivity (Wildman–Crippen MR) is 157 cm³/mol. The third-order valence-electron chi connectivity index (χ3n) is 7.54. The highest BCUT2D eigenvalue weighted by atomic mass is 16.6. The van der Waals surface area contributed by atoms with Crippen LogP contribution in [0.3, 0.4) is 0 Å². The van der Waals surface area contributed by atoms with Crippen molar-refractivity contribution in [2.45, 2.75) is 84.8 Å². The topological polar surface area (TPSA) is 151 Å². The second kappa shape index (κ2) is 14.8. The number of ketones is 1. The molecule has 3 rings (SSSR count). The van der Waals surface area contributed by atoms with Crippen LogP contribution in [0.1, 0.15) is 63.9 Å². The molecule has 1 saturated heterocycles. The molecule has 0 unspecified atom stereocenters. The molecule has 0 aliphatic carbocycles. The summed E-state index contributed by atoms with van der Waals surface area (Å²) in [6, 6.07) is 15.2. The van der Waals surface area contributed by atoms with Gasteiger partial charge < -0.3 is 24.3 Å². The van der Waals surface area contributed by atoms with Crippen molar-refractivity contribution >= 4 is 35.6 Å². The third-order valence-corrected chi connectivity index (χ3v) is 7.54. The molecule has 6 atom stereocenters. The van der Waals surface area contributed by atoms with E-state index in [1.54, 1.807) is 62.4 Å². The van der Waals surface area contributed by atoms with Gasteiger partial charge in [-0.1, -0.05) is 62.4 Å². The molecular formula is C33H39NO10. The quantitative estimate of drug-likeness (QED) is 0.293. The molecule has 2 aromatic carbocycles. The summed E-state index contributed by atoms with van der Waals surface area (Å²) in [6.07, 6.45) is -5.42. The summed E-state index contributed by atoms with van der Waals surface area (Å²) < 4.78 is 22.1. The second-order valence-electron chi connectivity index (χ2n) is 11.4. The number of rotatable bonds is 6. The van der Waals surface area contributed by atoms with Crippen LogP contribution in [0.15, 0.2) is 60.7 Å². The average molecular weight is 610 g/mol. The van der Waals surface area contributed by atoms with E-state index >= 15 is 0 Å². The number of amides is 1. The number of carbonyl (C=O) groups excluding carboxylic acids is 6. The summed E-state index contributed by atoms with van der Waals surface area (Å²) in [5, 5.41) is 2.51. The molecular weight excluding hydrogens is 570 g/mol. The Morgan fingerprint density at radius 1 is 0.818 bits per heavy atom. The average Bonchev–Trinajstić information content (AvgIpc) is 3.01. The number of Topliss-reactive ketones (excluding diaryl/α,β-unsaturated/α-hetero) is 1. The van der Waals surface area contributed by atoms with Gasteiger partial charge in [0.2, 0.25) is 6.10 Å². The maximum Gasteiger partial charge on any atom is 0.348 e. The first kappa shape index (κ1) is 34.0. The number of benzene rings is 2. The number of hydrogen-bond donors (Lipinski definition) is 1. The molecule has 236 valence electrons. The van der Waals surface area contributed by atoms with Gasteiger partial charge in [0.05, 0.1) is 0 Å². The molecule has 0 aromatic heterocycles. The van der Waals surface area contributed by atoms with Gasteiger partial charge in [0.15, 0.2) is 24.0 Å². The van der Waals surface area contributed by atoms with Gasteiger partial charge in [-0.3, -0.25) is 14.4 Å². The van der Waals surface area contributed by atoms with Crippen molar-refractivity contribution < 1.29 is 47.7 Å². The minimum atomic E-state index is -1.84. The van der Waals surface area contributed by atoms with E-state index in [2.05, 4.69) is 5.32 Å². The highest BCUT2D eigenvalue weighted by molar-refractivity contribution is 6.06. The van der Waals surface area contributed by atoms with Gasteiger partial charge in [0.25, 0.3) is 5.91 Å². The Hall–Kier alpha value is -4.54. The van der Waals surface area contributed by atoms with Gasteiger partial charge in [-0.2, -0.15) is 0 Å². The lowest BCUT2D eigenvalue weighted by Crippen LogP contribution is -2.52. The van der Waals surface area contributed by atoms with E-state index in [4.69, 9.17) is 18.9 Å². The molecule has 1 aliphatic rings. The molecule has 1 fully saturated rings. The predicted octanol–water partition coefficient (Wildman–Crippen LogP) is 3.37. The standard InChI is InChI=1S/C33H39NO10/c1-7-19(2)26-31(39)41-20(3)25(34-28(36)23-16-12-9-13-17-23)30(38)42-21(4)29(37)43-24(18-22-14-10-8-11-15-22)27(35)33(5,6)32(40)44-26/h8-17,19-21,24-26H,7,18H2,1-6H3,(H,34,36)/t19-,20+,21-,24+,25-,26-/m0/s1. The summed E-state index contributed by atoms with van der Waals surface area (Å²) in [7, 11) is 0. The fourth-order valence-corrected chi connectivity index (χ4v) is 4.42. The molecule has 2 aromatic rings. The van der Waals surface area contributed by atoms with Crippen LogP contribution < -0.4 is 5.32 Å². The van der Waals surface area contributed by atoms with Gasteiger partial charge in [0, 0.05) is 17.9 Å². The molecule has 11 nitrogen and oxygen atoms in total. The first-order chi connectivity index (χ1) is 20.8. The van der Waals surface area contributed by atoms with E-state index in [9.17, 15) is 28.8 Å². The molecule has 1 N–H and O–H groups in total. The van der Waals surface area contributed by atoms with Crippen LogP contribution in [0.2, 0.25) is 0 Å². The first-order valence-corrected chi connectivity index (χ1v) is 14.5. The Morgan fingerprint density at radius 3 is 2.00 bits per heavy atom. The van der Waals surface area contributed by atoms with Gasteiger partial charge in [-0.05, 0) is 51.8 Å². The Morgan fingerprint density at radius 2 is 1.41 bits per heavy atom. The smallest absolute Gasteiger partial charge is 0.348 e. The lowest BCUT2D eigenvalue weighted by molar-refractivity contribution is -0.183. The third kappa shape index (κ3) is 8.30.